The Morgan fingerprint density at radius 1 is 1.00 bits per heavy atom. The molecule has 0 aromatic heterocycles. The molecule has 0 radical (unpaired) electrons. The molecule has 0 bridgehead atoms. The van der Waals surface area contributed by atoms with Gasteiger partial charge in [0.15, 0.2) is 5.52 Å². The molecule has 148 valence electrons. The van der Waals surface area contributed by atoms with Gasteiger partial charge in [-0.3, -0.25) is 4.79 Å². The van der Waals surface area contributed by atoms with Crippen molar-refractivity contribution in [2.24, 2.45) is 0 Å². The third kappa shape index (κ3) is 5.92. The number of hydrogen-bond donors (Lipinski definition) is 0. The quantitative estimate of drug-likeness (QED) is 0.476. The van der Waals surface area contributed by atoms with Crippen LogP contribution in [-0.2, 0) is 0 Å². The monoisotopic (exact) mass is 398 g/mol. The Hall–Kier alpha value is -1.66. The summed E-state index contributed by atoms with van der Waals surface area (Å²) in [6.45, 7) is 6.11. The Morgan fingerprint density at radius 3 is 2.07 bits per heavy atom. The molecule has 0 aliphatic carbocycles. The van der Waals surface area contributed by atoms with E-state index in [1.807, 2.05) is 32.0 Å². The van der Waals surface area contributed by atoms with E-state index in [9.17, 15) is 4.79 Å². The van der Waals surface area contributed by atoms with E-state index in [1.54, 1.807) is 19.2 Å². The Balaban J connectivity index is 0.00000392. The van der Waals surface area contributed by atoms with Crippen LogP contribution in [0, 0.1) is 6.92 Å². The molecule has 0 spiro atoms. The summed E-state index contributed by atoms with van der Waals surface area (Å²) in [6.07, 6.45) is 1.10. The zero-order valence-electron chi connectivity index (χ0n) is 16.7. The van der Waals surface area contributed by atoms with Crippen molar-refractivity contribution >= 4 is 38.3 Å². The zero-order chi connectivity index (χ0) is 20.0. The molecular formula is C21H28LiO5P. The molecule has 2 aromatic rings. The number of benzene rings is 2. The molecule has 28 heavy (non-hydrogen) atoms. The first-order chi connectivity index (χ1) is 12.9. The van der Waals surface area contributed by atoms with Gasteiger partial charge in [-0.05, 0) is 51.8 Å². The molecule has 0 heterocycles. The summed E-state index contributed by atoms with van der Waals surface area (Å²) in [6, 6.07) is 9.22. The van der Waals surface area contributed by atoms with Crippen molar-refractivity contribution < 1.29 is 23.7 Å². The van der Waals surface area contributed by atoms with Crippen molar-refractivity contribution in [3.63, 3.8) is 0 Å². The summed E-state index contributed by atoms with van der Waals surface area (Å²) in [7, 11) is 4.56. The SMILES string of the molecule is CCC(C)Oc1ccc(PC(=O)c2c(OC)cc(OC)cc2OC)c(C)c1.[LiH]. The topological polar surface area (TPSA) is 54.0 Å². The number of ether oxygens (including phenoxy) is 4. The average Bonchev–Trinajstić information content (AvgIpc) is 2.68. The minimum absolute atomic E-state index is 0. The molecule has 0 fully saturated rings. The number of carbonyl (C=O) groups excluding carboxylic acids is 1. The van der Waals surface area contributed by atoms with Crippen LogP contribution in [0.2, 0.25) is 0 Å². The van der Waals surface area contributed by atoms with Gasteiger partial charge in [-0.2, -0.15) is 0 Å². The van der Waals surface area contributed by atoms with E-state index in [4.69, 9.17) is 18.9 Å². The first-order valence-electron chi connectivity index (χ1n) is 8.82. The van der Waals surface area contributed by atoms with E-state index in [1.165, 1.54) is 14.2 Å². The molecule has 2 unspecified atom stereocenters. The molecule has 2 atom stereocenters. The third-order valence-electron chi connectivity index (χ3n) is 4.30. The predicted molar refractivity (Wildman–Crippen MR) is 117 cm³/mol. The number of rotatable bonds is 9. The van der Waals surface area contributed by atoms with Gasteiger partial charge in [0.2, 0.25) is 0 Å². The average molecular weight is 398 g/mol. The van der Waals surface area contributed by atoms with Crippen LogP contribution < -0.4 is 24.3 Å². The van der Waals surface area contributed by atoms with Crippen LogP contribution in [0.3, 0.4) is 0 Å². The molecule has 0 aliphatic heterocycles. The molecule has 2 rings (SSSR count). The fourth-order valence-electron chi connectivity index (χ4n) is 2.58. The summed E-state index contributed by atoms with van der Waals surface area (Å²) in [5, 5.41) is 0.969. The van der Waals surface area contributed by atoms with Gasteiger partial charge in [-0.25, -0.2) is 0 Å². The number of aryl methyl sites for hydroxylation is 1. The van der Waals surface area contributed by atoms with Crippen molar-refractivity contribution in [1.82, 2.24) is 0 Å². The summed E-state index contributed by atoms with van der Waals surface area (Å²) in [4.78, 5) is 13.0. The van der Waals surface area contributed by atoms with E-state index in [-0.39, 0.29) is 39.1 Å². The standard InChI is InChI=1S/C21H27O5P.Li.H/c1-7-14(3)26-15-8-9-19(13(2)10-15)27-21(22)20-17(24-5)11-16(23-4)12-18(20)25-6;;/h8-12,14,27H,7H2,1-6H3;;. The Labute approximate surface area is 181 Å². The van der Waals surface area contributed by atoms with E-state index >= 15 is 0 Å². The van der Waals surface area contributed by atoms with Crippen molar-refractivity contribution in [2.75, 3.05) is 21.3 Å². The Kier molecular flexibility index (Phi) is 9.89. The molecule has 7 heteroatoms. The van der Waals surface area contributed by atoms with Crippen molar-refractivity contribution in [1.29, 1.82) is 0 Å². The van der Waals surface area contributed by atoms with Gasteiger partial charge in [0.1, 0.15) is 28.6 Å². The van der Waals surface area contributed by atoms with Gasteiger partial charge in [-0.15, -0.1) is 0 Å². The molecule has 2 aromatic carbocycles. The van der Waals surface area contributed by atoms with Crippen LogP contribution in [0.15, 0.2) is 30.3 Å². The molecule has 0 aliphatic rings. The fraction of sp³-hybridized carbons (Fsp3) is 0.381. The Bertz CT molecular complexity index is 784. The van der Waals surface area contributed by atoms with Crippen molar-refractivity contribution in [3.8, 4) is 23.0 Å². The second kappa shape index (κ2) is 11.4. The Morgan fingerprint density at radius 2 is 1.61 bits per heavy atom. The maximum atomic E-state index is 13.0. The summed E-state index contributed by atoms with van der Waals surface area (Å²) >= 11 is 0. The molecule has 0 N–H and O–H groups in total. The van der Waals surface area contributed by atoms with Gasteiger partial charge >= 0.3 is 18.9 Å². The third-order valence-corrected chi connectivity index (χ3v) is 5.61. The van der Waals surface area contributed by atoms with Gasteiger partial charge in [0, 0.05) is 12.1 Å². The number of carbonyl (C=O) groups is 1. The summed E-state index contributed by atoms with van der Waals surface area (Å²) in [5.74, 6) is 2.28. The number of hydrogen-bond acceptors (Lipinski definition) is 5. The first-order valence-corrected chi connectivity index (χ1v) is 9.82. The van der Waals surface area contributed by atoms with E-state index < -0.39 is 0 Å². The van der Waals surface area contributed by atoms with Gasteiger partial charge in [0.05, 0.1) is 27.4 Å². The minimum atomic E-state index is -0.0519. The molecule has 0 saturated heterocycles. The molecule has 5 nitrogen and oxygen atoms in total. The second-order valence-electron chi connectivity index (χ2n) is 6.17. The van der Waals surface area contributed by atoms with Crippen LogP contribution in [0.1, 0.15) is 36.2 Å². The molecule has 0 saturated carbocycles. The van der Waals surface area contributed by atoms with Crippen LogP contribution in [0.5, 0.6) is 23.0 Å². The van der Waals surface area contributed by atoms with E-state index in [0.717, 1.165) is 23.0 Å². The van der Waals surface area contributed by atoms with E-state index in [2.05, 4.69) is 6.92 Å². The second-order valence-corrected chi connectivity index (χ2v) is 7.42. The molecule has 0 amide bonds. The van der Waals surface area contributed by atoms with Crippen LogP contribution >= 0.6 is 8.58 Å². The van der Waals surface area contributed by atoms with Crippen LogP contribution in [0.25, 0.3) is 0 Å². The van der Waals surface area contributed by atoms with Gasteiger partial charge < -0.3 is 18.9 Å². The fourth-order valence-corrected chi connectivity index (χ4v) is 3.63. The predicted octanol–water partition coefficient (Wildman–Crippen LogP) is 3.69. The maximum absolute atomic E-state index is 13.0. The van der Waals surface area contributed by atoms with Gasteiger partial charge in [-0.1, -0.05) is 13.0 Å². The van der Waals surface area contributed by atoms with Crippen molar-refractivity contribution in [3.05, 3.63) is 41.5 Å². The molecular weight excluding hydrogens is 370 g/mol. The zero-order valence-corrected chi connectivity index (χ0v) is 17.7. The van der Waals surface area contributed by atoms with Crippen LogP contribution in [-0.4, -0.2) is 51.8 Å². The van der Waals surface area contributed by atoms with Gasteiger partial charge in [0.25, 0.3) is 0 Å². The first kappa shape index (κ1) is 24.4. The van der Waals surface area contributed by atoms with Crippen molar-refractivity contribution in [2.45, 2.75) is 33.3 Å². The number of methoxy groups -OCH3 is 3. The summed E-state index contributed by atoms with van der Waals surface area (Å²) in [5.41, 5.74) is 1.40. The normalized spacial score (nSPS) is 11.6. The van der Waals surface area contributed by atoms with Crippen LogP contribution in [0.4, 0.5) is 0 Å². The van der Waals surface area contributed by atoms with E-state index in [0.29, 0.717) is 22.8 Å². The summed E-state index contributed by atoms with van der Waals surface area (Å²) < 4.78 is 21.9.